The number of amides is 1. The number of ether oxygens (including phenoxy) is 3. The lowest BCUT2D eigenvalue weighted by Crippen LogP contribution is -2.17. The second kappa shape index (κ2) is 7.60. The van der Waals surface area contributed by atoms with Gasteiger partial charge < -0.3 is 19.2 Å². The summed E-state index contributed by atoms with van der Waals surface area (Å²) in [5.41, 5.74) is 4.65. The number of carbonyl (C=O) groups is 1. The van der Waals surface area contributed by atoms with E-state index in [-0.39, 0.29) is 5.91 Å². The highest BCUT2D eigenvalue weighted by atomic mass is 16.5. The number of carbonyl (C=O) groups excluding carboxylic acids is 1. The number of para-hydroxylation sites is 1. The third kappa shape index (κ3) is 3.32. The third-order valence-corrected chi connectivity index (χ3v) is 3.90. The summed E-state index contributed by atoms with van der Waals surface area (Å²) < 4.78 is 15.9. The van der Waals surface area contributed by atoms with Crippen LogP contribution in [0, 0.1) is 0 Å². The van der Waals surface area contributed by atoms with E-state index in [2.05, 4.69) is 15.5 Å². The molecule has 0 saturated heterocycles. The van der Waals surface area contributed by atoms with Gasteiger partial charge in [-0.3, -0.25) is 4.79 Å². The molecule has 0 unspecified atom stereocenters. The van der Waals surface area contributed by atoms with Crippen LogP contribution in [0.4, 0.5) is 0 Å². The van der Waals surface area contributed by atoms with Gasteiger partial charge >= 0.3 is 0 Å². The fraction of sp³-hybridized carbons (Fsp3) is 0.158. The first kappa shape index (κ1) is 17.3. The van der Waals surface area contributed by atoms with Gasteiger partial charge in [-0.15, -0.1) is 0 Å². The van der Waals surface area contributed by atoms with Gasteiger partial charge in [0.15, 0.2) is 11.5 Å². The molecular formula is C19H19N3O4. The highest BCUT2D eigenvalue weighted by Crippen LogP contribution is 2.37. The molecule has 2 N–H and O–H groups in total. The summed E-state index contributed by atoms with van der Waals surface area (Å²) in [5.74, 6) is 1.22. The van der Waals surface area contributed by atoms with Gasteiger partial charge in [-0.25, -0.2) is 5.43 Å². The lowest BCUT2D eigenvalue weighted by atomic mass is 10.2. The number of benzene rings is 2. The number of aromatic nitrogens is 1. The summed E-state index contributed by atoms with van der Waals surface area (Å²) in [5, 5.41) is 4.86. The molecule has 0 aliphatic rings. The molecule has 1 heterocycles. The Hall–Kier alpha value is -3.48. The minimum Gasteiger partial charge on any atom is -0.493 e. The summed E-state index contributed by atoms with van der Waals surface area (Å²) in [4.78, 5) is 15.4. The van der Waals surface area contributed by atoms with Gasteiger partial charge in [-0.1, -0.05) is 18.2 Å². The summed E-state index contributed by atoms with van der Waals surface area (Å²) in [6.07, 6.45) is 3.17. The average molecular weight is 353 g/mol. The average Bonchev–Trinajstić information content (AvgIpc) is 3.11. The number of hydrogen-bond acceptors (Lipinski definition) is 5. The van der Waals surface area contributed by atoms with Crippen molar-refractivity contribution < 1.29 is 19.0 Å². The molecule has 0 fully saturated rings. The molecule has 0 radical (unpaired) electrons. The molecule has 0 aliphatic heterocycles. The Morgan fingerprint density at radius 1 is 1.08 bits per heavy atom. The van der Waals surface area contributed by atoms with Crippen molar-refractivity contribution >= 4 is 23.0 Å². The van der Waals surface area contributed by atoms with Gasteiger partial charge in [0.1, 0.15) is 0 Å². The second-order valence-corrected chi connectivity index (χ2v) is 5.41. The van der Waals surface area contributed by atoms with E-state index in [1.54, 1.807) is 18.3 Å². The van der Waals surface area contributed by atoms with Crippen LogP contribution in [0.25, 0.3) is 10.9 Å². The quantitative estimate of drug-likeness (QED) is 0.527. The van der Waals surface area contributed by atoms with E-state index in [0.29, 0.717) is 28.4 Å². The number of aromatic amines is 1. The molecule has 26 heavy (non-hydrogen) atoms. The molecule has 0 atom stereocenters. The Labute approximate surface area is 150 Å². The maximum Gasteiger partial charge on any atom is 0.273 e. The standard InChI is InChI=1S/C19H19N3O4/c1-24-16-8-12(9-17(25-2)18(16)26-3)10-21-22-19(23)14-11-20-15-7-5-4-6-13(14)15/h4-11,20H,1-3H3,(H,22,23)/b21-10-. The van der Waals surface area contributed by atoms with Crippen LogP contribution in [0.1, 0.15) is 15.9 Å². The topological polar surface area (TPSA) is 84.9 Å². The molecule has 0 bridgehead atoms. The van der Waals surface area contributed by atoms with Crippen LogP contribution >= 0.6 is 0 Å². The van der Waals surface area contributed by atoms with E-state index in [1.807, 2.05) is 24.3 Å². The van der Waals surface area contributed by atoms with Crippen molar-refractivity contribution in [1.29, 1.82) is 0 Å². The number of nitrogens with zero attached hydrogens (tertiary/aromatic N) is 1. The van der Waals surface area contributed by atoms with Crippen molar-refractivity contribution in [3.63, 3.8) is 0 Å². The number of nitrogens with one attached hydrogen (secondary N) is 2. The molecule has 0 saturated carbocycles. The summed E-state index contributed by atoms with van der Waals surface area (Å²) in [7, 11) is 4.61. The zero-order chi connectivity index (χ0) is 18.5. The number of hydrazone groups is 1. The first-order valence-electron chi connectivity index (χ1n) is 7.87. The summed E-state index contributed by atoms with van der Waals surface area (Å²) in [6.45, 7) is 0. The van der Waals surface area contributed by atoms with Crippen LogP contribution in [0.5, 0.6) is 17.2 Å². The molecule has 7 heteroatoms. The van der Waals surface area contributed by atoms with E-state index in [1.165, 1.54) is 27.5 Å². The van der Waals surface area contributed by atoms with E-state index in [0.717, 1.165) is 10.9 Å². The Balaban J connectivity index is 1.79. The van der Waals surface area contributed by atoms with Crippen LogP contribution in [-0.4, -0.2) is 38.4 Å². The molecule has 2 aromatic carbocycles. The Bertz CT molecular complexity index is 937. The van der Waals surface area contributed by atoms with Gasteiger partial charge in [-0.05, 0) is 18.2 Å². The van der Waals surface area contributed by atoms with Gasteiger partial charge in [0.25, 0.3) is 5.91 Å². The molecule has 0 aliphatic carbocycles. The number of rotatable bonds is 6. The van der Waals surface area contributed by atoms with Crippen molar-refractivity contribution in [2.75, 3.05) is 21.3 Å². The molecule has 0 spiro atoms. The lowest BCUT2D eigenvalue weighted by Gasteiger charge is -2.12. The lowest BCUT2D eigenvalue weighted by molar-refractivity contribution is 0.0957. The molecule has 7 nitrogen and oxygen atoms in total. The monoisotopic (exact) mass is 353 g/mol. The molecule has 3 rings (SSSR count). The number of H-pyrrole nitrogens is 1. The van der Waals surface area contributed by atoms with E-state index < -0.39 is 0 Å². The Kier molecular flexibility index (Phi) is 5.07. The van der Waals surface area contributed by atoms with Crippen molar-refractivity contribution in [3.8, 4) is 17.2 Å². The highest BCUT2D eigenvalue weighted by molar-refractivity contribution is 6.06. The Morgan fingerprint density at radius 2 is 1.77 bits per heavy atom. The van der Waals surface area contributed by atoms with Crippen LogP contribution in [-0.2, 0) is 0 Å². The zero-order valence-corrected chi connectivity index (χ0v) is 14.7. The van der Waals surface area contributed by atoms with Crippen LogP contribution in [0.15, 0.2) is 47.7 Å². The van der Waals surface area contributed by atoms with Gasteiger partial charge in [-0.2, -0.15) is 5.10 Å². The second-order valence-electron chi connectivity index (χ2n) is 5.41. The smallest absolute Gasteiger partial charge is 0.273 e. The van der Waals surface area contributed by atoms with Gasteiger partial charge in [0.05, 0.1) is 33.1 Å². The number of hydrogen-bond donors (Lipinski definition) is 2. The first-order chi connectivity index (χ1) is 12.7. The fourth-order valence-electron chi connectivity index (χ4n) is 2.66. The van der Waals surface area contributed by atoms with Crippen LogP contribution < -0.4 is 19.6 Å². The van der Waals surface area contributed by atoms with E-state index in [9.17, 15) is 4.79 Å². The highest BCUT2D eigenvalue weighted by Gasteiger charge is 2.13. The van der Waals surface area contributed by atoms with E-state index >= 15 is 0 Å². The minimum atomic E-state index is -0.300. The maximum atomic E-state index is 12.3. The molecule has 3 aromatic rings. The molecular weight excluding hydrogens is 334 g/mol. The molecule has 134 valence electrons. The third-order valence-electron chi connectivity index (χ3n) is 3.90. The van der Waals surface area contributed by atoms with Crippen molar-refractivity contribution in [3.05, 3.63) is 53.7 Å². The van der Waals surface area contributed by atoms with Gasteiger partial charge in [0.2, 0.25) is 5.75 Å². The van der Waals surface area contributed by atoms with Crippen molar-refractivity contribution in [2.24, 2.45) is 5.10 Å². The molecule has 1 aromatic heterocycles. The Morgan fingerprint density at radius 3 is 2.42 bits per heavy atom. The predicted molar refractivity (Wildman–Crippen MR) is 99.5 cm³/mol. The zero-order valence-electron chi connectivity index (χ0n) is 14.7. The number of fused-ring (bicyclic) bond motifs is 1. The van der Waals surface area contributed by atoms with Crippen molar-refractivity contribution in [1.82, 2.24) is 10.4 Å². The summed E-state index contributed by atoms with van der Waals surface area (Å²) in [6, 6.07) is 11.1. The predicted octanol–water partition coefficient (Wildman–Crippen LogP) is 2.96. The van der Waals surface area contributed by atoms with Crippen LogP contribution in [0.2, 0.25) is 0 Å². The number of methoxy groups -OCH3 is 3. The van der Waals surface area contributed by atoms with E-state index in [4.69, 9.17) is 14.2 Å². The van der Waals surface area contributed by atoms with Gasteiger partial charge in [0, 0.05) is 22.7 Å². The largest absolute Gasteiger partial charge is 0.493 e. The fourth-order valence-corrected chi connectivity index (χ4v) is 2.66. The summed E-state index contributed by atoms with van der Waals surface area (Å²) >= 11 is 0. The normalized spacial score (nSPS) is 10.9. The van der Waals surface area contributed by atoms with Crippen molar-refractivity contribution in [2.45, 2.75) is 0 Å². The molecule has 1 amide bonds. The SMILES string of the molecule is COc1cc(/C=N\NC(=O)c2c[nH]c3ccccc23)cc(OC)c1OC. The first-order valence-corrected chi connectivity index (χ1v) is 7.87. The van der Waals surface area contributed by atoms with Crippen LogP contribution in [0.3, 0.4) is 0 Å². The maximum absolute atomic E-state index is 12.3. The minimum absolute atomic E-state index is 0.300.